The summed E-state index contributed by atoms with van der Waals surface area (Å²) in [5.74, 6) is -0.0231. The lowest BCUT2D eigenvalue weighted by Gasteiger charge is -2.30. The number of hydrogen-bond donors (Lipinski definition) is 3. The number of piperidine rings is 1. The third kappa shape index (κ3) is 5.94. The molecule has 3 N–H and O–H groups in total. The molecule has 1 saturated heterocycles. The summed E-state index contributed by atoms with van der Waals surface area (Å²) >= 11 is 0. The van der Waals surface area contributed by atoms with Gasteiger partial charge in [-0.3, -0.25) is 9.59 Å². The normalized spacial score (nSPS) is 21.2. The molecular formula is C24H32FN5O2. The zero-order chi connectivity index (χ0) is 22.3. The lowest BCUT2D eigenvalue weighted by atomic mass is 10.0. The summed E-state index contributed by atoms with van der Waals surface area (Å²) in [5, 5.41) is 6.47. The first kappa shape index (κ1) is 22.5. The maximum absolute atomic E-state index is 13.1. The highest BCUT2D eigenvalue weighted by Crippen LogP contribution is 2.40. The Hall–Kier alpha value is -2.74. The van der Waals surface area contributed by atoms with Crippen molar-refractivity contribution < 1.29 is 14.0 Å². The number of H-pyrrole nitrogens is 1. The van der Waals surface area contributed by atoms with E-state index in [-0.39, 0.29) is 17.6 Å². The highest BCUT2D eigenvalue weighted by atomic mass is 19.1. The molecular weight excluding hydrogens is 409 g/mol. The topological polar surface area (TPSA) is 90.1 Å². The minimum absolute atomic E-state index is 0.0177. The number of nitrogens with zero attached hydrogens (tertiary/aromatic N) is 2. The first-order chi connectivity index (χ1) is 15.6. The second kappa shape index (κ2) is 10.7. The monoisotopic (exact) mass is 441 g/mol. The van der Waals surface area contributed by atoms with Crippen LogP contribution >= 0.6 is 0 Å². The number of benzene rings is 1. The largest absolute Gasteiger partial charge is 0.341 e. The first-order valence-corrected chi connectivity index (χ1v) is 11.7. The molecule has 1 aliphatic carbocycles. The van der Waals surface area contributed by atoms with Crippen LogP contribution in [0.1, 0.15) is 66.9 Å². The molecule has 4 rings (SSSR count). The second-order valence-corrected chi connectivity index (χ2v) is 8.83. The molecule has 0 radical (unpaired) electrons. The van der Waals surface area contributed by atoms with Gasteiger partial charge in [-0.2, -0.15) is 0 Å². The third-order valence-electron chi connectivity index (χ3n) is 6.43. The summed E-state index contributed by atoms with van der Waals surface area (Å²) in [4.78, 5) is 34.1. The number of carbonyl (C=O) groups excluding carboxylic acids is 2. The van der Waals surface area contributed by atoms with Crippen LogP contribution in [-0.4, -0.2) is 58.4 Å². The number of likely N-dealkylation sites (tertiary alicyclic amines) is 1. The smallest absolute Gasteiger partial charge is 0.269 e. The van der Waals surface area contributed by atoms with Gasteiger partial charge < -0.3 is 20.5 Å². The lowest BCUT2D eigenvalue weighted by Crippen LogP contribution is -2.50. The maximum Gasteiger partial charge on any atom is 0.269 e. The SMILES string of the molecule is O=C(NC(CCCCN[C@@H]1C[C@H]1c1ccc(F)cc1)C(=O)N1CCCCC1)c1cnc[nH]1. The molecule has 7 nitrogen and oxygen atoms in total. The van der Waals surface area contributed by atoms with Crippen LogP contribution in [0.25, 0.3) is 0 Å². The van der Waals surface area contributed by atoms with Gasteiger partial charge >= 0.3 is 0 Å². The van der Waals surface area contributed by atoms with E-state index in [9.17, 15) is 14.0 Å². The fraction of sp³-hybridized carbons (Fsp3) is 0.542. The molecule has 0 bridgehead atoms. The average molecular weight is 442 g/mol. The summed E-state index contributed by atoms with van der Waals surface area (Å²) in [6, 6.07) is 6.67. The van der Waals surface area contributed by atoms with Crippen molar-refractivity contribution in [3.05, 3.63) is 53.9 Å². The van der Waals surface area contributed by atoms with Crippen LogP contribution in [0.2, 0.25) is 0 Å². The Balaban J connectivity index is 1.22. The van der Waals surface area contributed by atoms with Crippen LogP contribution in [0, 0.1) is 5.82 Å². The van der Waals surface area contributed by atoms with Crippen molar-refractivity contribution in [1.29, 1.82) is 0 Å². The number of carbonyl (C=O) groups is 2. The van der Waals surface area contributed by atoms with E-state index in [4.69, 9.17) is 0 Å². The molecule has 32 heavy (non-hydrogen) atoms. The number of hydrogen-bond acceptors (Lipinski definition) is 4. The van der Waals surface area contributed by atoms with E-state index in [1.165, 1.54) is 30.2 Å². The van der Waals surface area contributed by atoms with E-state index in [0.29, 0.717) is 24.1 Å². The summed E-state index contributed by atoms with van der Waals surface area (Å²) in [5.41, 5.74) is 1.54. The molecule has 1 unspecified atom stereocenters. The summed E-state index contributed by atoms with van der Waals surface area (Å²) < 4.78 is 13.1. The summed E-state index contributed by atoms with van der Waals surface area (Å²) in [6.45, 7) is 2.40. The second-order valence-electron chi connectivity index (χ2n) is 8.83. The van der Waals surface area contributed by atoms with Gasteiger partial charge in [0.15, 0.2) is 0 Å². The van der Waals surface area contributed by atoms with Crippen molar-refractivity contribution in [2.45, 2.75) is 62.9 Å². The number of nitrogens with one attached hydrogen (secondary N) is 3. The molecule has 2 aliphatic rings. The van der Waals surface area contributed by atoms with Crippen LogP contribution in [-0.2, 0) is 4.79 Å². The predicted molar refractivity (Wildman–Crippen MR) is 120 cm³/mol. The maximum atomic E-state index is 13.1. The van der Waals surface area contributed by atoms with E-state index < -0.39 is 6.04 Å². The fourth-order valence-electron chi connectivity index (χ4n) is 4.47. The Kier molecular flexibility index (Phi) is 7.52. The fourth-order valence-corrected chi connectivity index (χ4v) is 4.47. The van der Waals surface area contributed by atoms with Gasteiger partial charge in [-0.05, 0) is 69.2 Å². The molecule has 1 saturated carbocycles. The van der Waals surface area contributed by atoms with Crippen molar-refractivity contribution in [2.24, 2.45) is 0 Å². The van der Waals surface area contributed by atoms with Gasteiger partial charge in [0, 0.05) is 25.0 Å². The van der Waals surface area contributed by atoms with Crippen LogP contribution in [0.15, 0.2) is 36.8 Å². The zero-order valence-corrected chi connectivity index (χ0v) is 18.4. The Labute approximate surface area is 188 Å². The van der Waals surface area contributed by atoms with Gasteiger partial charge in [0.05, 0.1) is 12.5 Å². The number of aromatic amines is 1. The van der Waals surface area contributed by atoms with Crippen LogP contribution in [0.5, 0.6) is 0 Å². The zero-order valence-electron chi connectivity index (χ0n) is 18.4. The number of halogens is 1. The highest BCUT2D eigenvalue weighted by molar-refractivity contribution is 5.95. The average Bonchev–Trinajstić information content (AvgIpc) is 3.36. The van der Waals surface area contributed by atoms with E-state index in [1.807, 2.05) is 17.0 Å². The van der Waals surface area contributed by atoms with E-state index >= 15 is 0 Å². The van der Waals surface area contributed by atoms with Gasteiger partial charge in [-0.1, -0.05) is 12.1 Å². The Bertz CT molecular complexity index is 880. The minimum Gasteiger partial charge on any atom is -0.341 e. The minimum atomic E-state index is -0.517. The molecule has 2 aromatic rings. The van der Waals surface area contributed by atoms with Gasteiger partial charge in [-0.15, -0.1) is 0 Å². The van der Waals surface area contributed by atoms with Crippen LogP contribution in [0.4, 0.5) is 4.39 Å². The van der Waals surface area contributed by atoms with Crippen molar-refractivity contribution in [2.75, 3.05) is 19.6 Å². The Morgan fingerprint density at radius 2 is 1.94 bits per heavy atom. The standard InChI is InChI=1S/C24H32FN5O2/c25-18-9-7-17(8-10-18)19-14-21(19)27-11-3-2-6-20(24(32)30-12-4-1-5-13-30)29-23(31)22-15-26-16-28-22/h7-10,15-16,19-21,27H,1-6,11-14H2,(H,26,28)(H,29,31)/t19-,20?,21+/m0/s1. The first-order valence-electron chi connectivity index (χ1n) is 11.7. The number of amides is 2. The predicted octanol–water partition coefficient (Wildman–Crippen LogP) is 2.98. The quantitative estimate of drug-likeness (QED) is 0.495. The molecule has 1 aromatic heterocycles. The van der Waals surface area contributed by atoms with Gasteiger partial charge in [0.1, 0.15) is 17.6 Å². The van der Waals surface area contributed by atoms with Crippen LogP contribution in [0.3, 0.4) is 0 Å². The van der Waals surface area contributed by atoms with Gasteiger partial charge in [-0.25, -0.2) is 9.37 Å². The number of rotatable bonds is 10. The molecule has 1 aromatic carbocycles. The number of aromatic nitrogens is 2. The summed E-state index contributed by atoms with van der Waals surface area (Å²) in [7, 11) is 0. The molecule has 2 fully saturated rings. The van der Waals surface area contributed by atoms with Crippen molar-refractivity contribution in [3.63, 3.8) is 0 Å². The Morgan fingerprint density at radius 3 is 2.66 bits per heavy atom. The summed E-state index contributed by atoms with van der Waals surface area (Å²) in [6.07, 6.45) is 9.57. The molecule has 2 amide bonds. The van der Waals surface area contributed by atoms with E-state index in [0.717, 1.165) is 58.2 Å². The van der Waals surface area contributed by atoms with Crippen LogP contribution < -0.4 is 10.6 Å². The number of imidazole rings is 1. The molecule has 2 heterocycles. The molecule has 3 atom stereocenters. The van der Waals surface area contributed by atoms with Crippen molar-refractivity contribution in [1.82, 2.24) is 25.5 Å². The van der Waals surface area contributed by atoms with Gasteiger partial charge in [0.2, 0.25) is 5.91 Å². The van der Waals surface area contributed by atoms with E-state index in [2.05, 4.69) is 20.6 Å². The Morgan fingerprint density at radius 1 is 1.16 bits per heavy atom. The lowest BCUT2D eigenvalue weighted by molar-refractivity contribution is -0.134. The highest BCUT2D eigenvalue weighted by Gasteiger charge is 2.37. The van der Waals surface area contributed by atoms with Crippen molar-refractivity contribution in [3.8, 4) is 0 Å². The van der Waals surface area contributed by atoms with Gasteiger partial charge in [0.25, 0.3) is 5.91 Å². The van der Waals surface area contributed by atoms with Crippen molar-refractivity contribution >= 4 is 11.8 Å². The number of unbranched alkanes of at least 4 members (excludes halogenated alkanes) is 1. The molecule has 1 aliphatic heterocycles. The molecule has 172 valence electrons. The van der Waals surface area contributed by atoms with E-state index in [1.54, 1.807) is 0 Å². The molecule has 0 spiro atoms. The molecule has 8 heteroatoms. The third-order valence-corrected chi connectivity index (χ3v) is 6.43.